The Morgan fingerprint density at radius 1 is 1.13 bits per heavy atom. The van der Waals surface area contributed by atoms with E-state index in [0.29, 0.717) is 5.89 Å². The maximum atomic E-state index is 5.94. The Bertz CT molecular complexity index is 1070. The number of benzene rings is 1. The lowest BCUT2D eigenvalue weighted by atomic mass is 9.99. The molecule has 5 nitrogen and oxygen atoms in total. The second kappa shape index (κ2) is 9.90. The number of aryl methyl sites for hydroxylation is 1. The van der Waals surface area contributed by atoms with E-state index in [1.807, 2.05) is 36.0 Å². The van der Waals surface area contributed by atoms with Gasteiger partial charge in [-0.05, 0) is 29.8 Å². The lowest BCUT2D eigenvalue weighted by Gasteiger charge is -2.29. The minimum absolute atomic E-state index is 0.629. The molecule has 0 atom stereocenters. The second-order valence-electron chi connectivity index (χ2n) is 8.35. The highest BCUT2D eigenvalue weighted by molar-refractivity contribution is 9.93. The molecule has 0 saturated heterocycles. The molecular formula is C23H28Br2N4O+2. The molecule has 30 heavy (non-hydrogen) atoms. The molecular weight excluding hydrogens is 508 g/mol. The van der Waals surface area contributed by atoms with Crippen LogP contribution in [0.4, 0.5) is 5.69 Å². The fraction of sp³-hybridized carbons (Fsp3) is 0.304. The van der Waals surface area contributed by atoms with Crippen LogP contribution in [0.1, 0.15) is 17.9 Å². The van der Waals surface area contributed by atoms with Crippen molar-refractivity contribution in [2.24, 2.45) is 7.05 Å². The van der Waals surface area contributed by atoms with E-state index in [4.69, 9.17) is 4.42 Å². The SMILES string of the molecule is BrBr.C[n+]1cccc2oc(C=C3C=CN(CCC[N+](C)(C)C)c4ccccc43)nc21. The molecule has 0 bridgehead atoms. The lowest BCUT2D eigenvalue weighted by Crippen LogP contribution is -2.37. The Labute approximate surface area is 193 Å². The van der Waals surface area contributed by atoms with Crippen LogP contribution in [0.5, 0.6) is 0 Å². The molecule has 0 spiro atoms. The third-order valence-corrected chi connectivity index (χ3v) is 5.01. The highest BCUT2D eigenvalue weighted by Gasteiger charge is 2.20. The van der Waals surface area contributed by atoms with Crippen LogP contribution in [-0.2, 0) is 7.05 Å². The van der Waals surface area contributed by atoms with E-state index in [2.05, 4.69) is 95.8 Å². The number of quaternary nitrogens is 1. The van der Waals surface area contributed by atoms with E-state index in [1.54, 1.807) is 0 Å². The Kier molecular flexibility index (Phi) is 7.50. The van der Waals surface area contributed by atoms with Gasteiger partial charge in [0.05, 0.1) is 40.9 Å². The first-order valence-electron chi connectivity index (χ1n) is 9.87. The van der Waals surface area contributed by atoms with Crippen molar-refractivity contribution in [1.82, 2.24) is 4.98 Å². The van der Waals surface area contributed by atoms with Crippen LogP contribution in [-0.4, -0.2) is 43.7 Å². The van der Waals surface area contributed by atoms with Gasteiger partial charge in [-0.15, -0.1) is 0 Å². The number of allylic oxidation sites excluding steroid dienone is 2. The van der Waals surface area contributed by atoms with E-state index in [-0.39, 0.29) is 0 Å². The number of anilines is 1. The van der Waals surface area contributed by atoms with Crippen molar-refractivity contribution in [1.29, 1.82) is 0 Å². The first kappa shape index (κ1) is 22.7. The van der Waals surface area contributed by atoms with Crippen LogP contribution in [0.15, 0.2) is 59.3 Å². The molecule has 1 aliphatic rings. The normalized spacial score (nSPS) is 14.6. The number of nitrogens with zero attached hydrogens (tertiary/aromatic N) is 4. The molecule has 1 aliphatic heterocycles. The number of fused-ring (bicyclic) bond motifs is 2. The predicted octanol–water partition coefficient (Wildman–Crippen LogP) is 5.31. The molecule has 3 heterocycles. The zero-order valence-corrected chi connectivity index (χ0v) is 21.0. The van der Waals surface area contributed by atoms with E-state index in [1.165, 1.54) is 11.3 Å². The Morgan fingerprint density at radius 2 is 1.90 bits per heavy atom. The van der Waals surface area contributed by atoms with Crippen molar-refractivity contribution in [3.05, 3.63) is 66.3 Å². The standard InChI is InChI=1S/C23H28N4O.Br2/c1-25-13-7-11-21-23(25)24-22(28-21)17-18-12-15-26(14-8-16-27(2,3)4)20-10-6-5-9-19(18)20;1-2/h5-7,9-13,15,17H,8,14,16H2,1-4H3;/q+2;. The molecule has 0 fully saturated rings. The number of aromatic nitrogens is 2. The Morgan fingerprint density at radius 3 is 2.63 bits per heavy atom. The molecule has 0 radical (unpaired) electrons. The van der Waals surface area contributed by atoms with E-state index in [9.17, 15) is 0 Å². The summed E-state index contributed by atoms with van der Waals surface area (Å²) in [6.45, 7) is 2.16. The molecule has 0 unspecified atom stereocenters. The number of hydrogen-bond acceptors (Lipinski definition) is 3. The number of rotatable bonds is 5. The maximum absolute atomic E-state index is 5.94. The number of halogens is 2. The van der Waals surface area contributed by atoms with Crippen molar-refractivity contribution in [3.63, 3.8) is 0 Å². The molecule has 2 aromatic heterocycles. The first-order chi connectivity index (χ1) is 14.4. The quantitative estimate of drug-likeness (QED) is 0.327. The molecule has 3 aromatic rings. The summed E-state index contributed by atoms with van der Waals surface area (Å²) in [7, 11) is 8.69. The van der Waals surface area contributed by atoms with Gasteiger partial charge in [-0.25, -0.2) is 4.57 Å². The van der Waals surface area contributed by atoms with Gasteiger partial charge in [0.15, 0.2) is 0 Å². The molecule has 4 rings (SSSR count). The van der Waals surface area contributed by atoms with E-state index in [0.717, 1.165) is 40.8 Å². The minimum atomic E-state index is 0.629. The monoisotopic (exact) mass is 534 g/mol. The molecule has 0 amide bonds. The predicted molar refractivity (Wildman–Crippen MR) is 131 cm³/mol. The van der Waals surface area contributed by atoms with Crippen molar-refractivity contribution in [2.75, 3.05) is 39.1 Å². The zero-order chi connectivity index (χ0) is 21.7. The molecule has 1 aromatic carbocycles. The highest BCUT2D eigenvalue weighted by Crippen LogP contribution is 2.34. The molecule has 7 heteroatoms. The van der Waals surface area contributed by atoms with Crippen molar-refractivity contribution in [2.45, 2.75) is 6.42 Å². The van der Waals surface area contributed by atoms with Crippen LogP contribution < -0.4 is 9.47 Å². The molecule has 0 N–H and O–H groups in total. The smallest absolute Gasteiger partial charge is 0.370 e. The number of para-hydroxylation sites is 1. The molecule has 0 saturated carbocycles. The summed E-state index contributed by atoms with van der Waals surface area (Å²) in [5.74, 6) is 0.629. The topological polar surface area (TPSA) is 33.1 Å². The van der Waals surface area contributed by atoms with Gasteiger partial charge in [-0.3, -0.25) is 0 Å². The fourth-order valence-corrected chi connectivity index (χ4v) is 3.57. The van der Waals surface area contributed by atoms with Gasteiger partial charge in [0.1, 0.15) is 0 Å². The van der Waals surface area contributed by atoms with Crippen LogP contribution in [0.3, 0.4) is 0 Å². The van der Waals surface area contributed by atoms with Crippen LogP contribution in [0, 0.1) is 0 Å². The average Bonchev–Trinajstić information content (AvgIpc) is 3.14. The summed E-state index contributed by atoms with van der Waals surface area (Å²) in [5, 5.41) is 0. The summed E-state index contributed by atoms with van der Waals surface area (Å²) in [6, 6.07) is 12.5. The maximum Gasteiger partial charge on any atom is 0.370 e. The molecule has 158 valence electrons. The third kappa shape index (κ3) is 5.39. The summed E-state index contributed by atoms with van der Waals surface area (Å²) in [5.41, 5.74) is 5.21. The highest BCUT2D eigenvalue weighted by atomic mass is 80.9. The Balaban J connectivity index is 0.00000124. The second-order valence-corrected chi connectivity index (χ2v) is 8.35. The average molecular weight is 536 g/mol. The van der Waals surface area contributed by atoms with Gasteiger partial charge < -0.3 is 13.8 Å². The van der Waals surface area contributed by atoms with Crippen molar-refractivity contribution >= 4 is 56.8 Å². The first-order valence-corrected chi connectivity index (χ1v) is 13.6. The largest absolute Gasteiger partial charge is 0.411 e. The lowest BCUT2D eigenvalue weighted by molar-refractivity contribution is -0.870. The van der Waals surface area contributed by atoms with Crippen molar-refractivity contribution in [3.8, 4) is 0 Å². The summed E-state index contributed by atoms with van der Waals surface area (Å²) >= 11 is 5.50. The summed E-state index contributed by atoms with van der Waals surface area (Å²) in [4.78, 5) is 6.99. The zero-order valence-electron chi connectivity index (χ0n) is 17.8. The van der Waals surface area contributed by atoms with Gasteiger partial charge in [0, 0.05) is 69.7 Å². The van der Waals surface area contributed by atoms with Gasteiger partial charge in [0.2, 0.25) is 5.58 Å². The van der Waals surface area contributed by atoms with Gasteiger partial charge in [-0.2, -0.15) is 0 Å². The third-order valence-electron chi connectivity index (χ3n) is 5.01. The summed E-state index contributed by atoms with van der Waals surface area (Å²) in [6.07, 6.45) is 9.48. The number of pyridine rings is 1. The van der Waals surface area contributed by atoms with Crippen molar-refractivity contribution < 1.29 is 13.5 Å². The number of oxazole rings is 1. The molecule has 0 aliphatic carbocycles. The van der Waals surface area contributed by atoms with Gasteiger partial charge >= 0.3 is 11.5 Å². The number of hydrogen-bond donors (Lipinski definition) is 0. The fourth-order valence-electron chi connectivity index (χ4n) is 3.57. The van der Waals surface area contributed by atoms with Gasteiger partial charge in [0.25, 0.3) is 0 Å². The van der Waals surface area contributed by atoms with Crippen LogP contribution >= 0.6 is 28.3 Å². The van der Waals surface area contributed by atoms with Gasteiger partial charge in [-0.1, -0.05) is 18.2 Å². The Hall–Kier alpha value is -1.96. The van der Waals surface area contributed by atoms with E-state index < -0.39 is 0 Å². The van der Waals surface area contributed by atoms with E-state index >= 15 is 0 Å². The van der Waals surface area contributed by atoms with Crippen LogP contribution in [0.25, 0.3) is 22.9 Å². The summed E-state index contributed by atoms with van der Waals surface area (Å²) < 4.78 is 8.90. The minimum Gasteiger partial charge on any atom is -0.411 e. The van der Waals surface area contributed by atoms with Crippen LogP contribution in [0.2, 0.25) is 0 Å².